The number of ether oxygens (including phenoxy) is 1. The van der Waals surface area contributed by atoms with Gasteiger partial charge in [0.25, 0.3) is 5.91 Å². The molecule has 0 saturated carbocycles. The van der Waals surface area contributed by atoms with Gasteiger partial charge in [-0.1, -0.05) is 35.9 Å². The van der Waals surface area contributed by atoms with Crippen molar-refractivity contribution in [3.05, 3.63) is 89.7 Å². The lowest BCUT2D eigenvalue weighted by Crippen LogP contribution is -2.35. The Balaban J connectivity index is 1.57. The Morgan fingerprint density at radius 3 is 2.44 bits per heavy atom. The zero-order valence-corrected chi connectivity index (χ0v) is 15.4. The number of rotatable bonds is 6. The average molecular weight is 362 g/mol. The van der Waals surface area contributed by atoms with E-state index >= 15 is 0 Å². The first kappa shape index (κ1) is 18.5. The minimum absolute atomic E-state index is 0.328. The molecular weight excluding hydrogens is 340 g/mol. The minimum Gasteiger partial charge on any atom is -0.449 e. The Morgan fingerprint density at radius 1 is 1.04 bits per heavy atom. The number of aromatic nitrogens is 1. The summed E-state index contributed by atoms with van der Waals surface area (Å²) < 4.78 is 7.22. The van der Waals surface area contributed by atoms with Crippen molar-refractivity contribution in [3.8, 4) is 5.69 Å². The summed E-state index contributed by atoms with van der Waals surface area (Å²) in [4.78, 5) is 24.6. The molecular formula is C22H22N2O3. The zero-order valence-electron chi connectivity index (χ0n) is 15.4. The summed E-state index contributed by atoms with van der Waals surface area (Å²) in [6.45, 7) is 3.97. The molecule has 0 fully saturated rings. The number of aryl methyl sites for hydroxylation is 1. The smallest absolute Gasteiger partial charge is 0.338 e. The lowest BCUT2D eigenvalue weighted by Gasteiger charge is -2.14. The summed E-state index contributed by atoms with van der Waals surface area (Å²) in [5, 5.41) is 2.79. The number of nitrogens with zero attached hydrogens (tertiary/aromatic N) is 1. The van der Waals surface area contributed by atoms with Crippen molar-refractivity contribution in [2.75, 3.05) is 0 Å². The van der Waals surface area contributed by atoms with Gasteiger partial charge in [-0.2, -0.15) is 0 Å². The molecule has 0 aliphatic rings. The molecule has 5 nitrogen and oxygen atoms in total. The third kappa shape index (κ3) is 4.85. The summed E-state index contributed by atoms with van der Waals surface area (Å²) in [6, 6.07) is 18.8. The Morgan fingerprint density at radius 2 is 1.74 bits per heavy atom. The van der Waals surface area contributed by atoms with Crippen LogP contribution in [0.1, 0.15) is 28.4 Å². The lowest BCUT2D eigenvalue weighted by atomic mass is 10.1. The zero-order chi connectivity index (χ0) is 19.2. The molecule has 0 saturated heterocycles. The van der Waals surface area contributed by atoms with Crippen molar-refractivity contribution >= 4 is 11.9 Å². The molecule has 1 heterocycles. The second kappa shape index (κ2) is 8.36. The first-order chi connectivity index (χ1) is 13.0. The second-order valence-electron chi connectivity index (χ2n) is 6.39. The van der Waals surface area contributed by atoms with E-state index in [9.17, 15) is 9.59 Å². The van der Waals surface area contributed by atoms with Crippen LogP contribution in [0.4, 0.5) is 0 Å². The lowest BCUT2D eigenvalue weighted by molar-refractivity contribution is -0.129. The highest BCUT2D eigenvalue weighted by Gasteiger charge is 2.19. The molecule has 138 valence electrons. The van der Waals surface area contributed by atoms with Crippen LogP contribution >= 0.6 is 0 Å². The average Bonchev–Trinajstić information content (AvgIpc) is 3.22. The molecule has 1 N–H and O–H groups in total. The number of hydrogen-bond donors (Lipinski definition) is 1. The summed E-state index contributed by atoms with van der Waals surface area (Å²) in [6.07, 6.45) is 2.91. The highest BCUT2D eigenvalue weighted by molar-refractivity contribution is 5.92. The van der Waals surface area contributed by atoms with E-state index in [-0.39, 0.29) is 5.91 Å². The SMILES string of the molecule is Cc1ccc(CNC(=O)C(C)OC(=O)c2cccc(-n3cccc3)c2)cc1. The standard InChI is InChI=1S/C22H22N2O3/c1-16-8-10-18(11-9-16)15-23-21(25)17(2)27-22(26)19-6-5-7-20(14-19)24-12-3-4-13-24/h3-14,17H,15H2,1-2H3,(H,23,25). The third-order valence-electron chi connectivity index (χ3n) is 4.22. The van der Waals surface area contributed by atoms with Gasteiger partial charge in [0, 0.05) is 24.6 Å². The van der Waals surface area contributed by atoms with Crippen molar-refractivity contribution < 1.29 is 14.3 Å². The van der Waals surface area contributed by atoms with Gasteiger partial charge in [0.2, 0.25) is 0 Å². The minimum atomic E-state index is -0.877. The molecule has 0 bridgehead atoms. The number of carbonyl (C=O) groups excluding carboxylic acids is 2. The van der Waals surface area contributed by atoms with E-state index in [1.165, 1.54) is 0 Å². The van der Waals surface area contributed by atoms with E-state index < -0.39 is 12.1 Å². The maximum atomic E-state index is 12.4. The number of benzene rings is 2. The highest BCUT2D eigenvalue weighted by atomic mass is 16.5. The van der Waals surface area contributed by atoms with Gasteiger partial charge in [-0.15, -0.1) is 0 Å². The highest BCUT2D eigenvalue weighted by Crippen LogP contribution is 2.13. The summed E-state index contributed by atoms with van der Waals surface area (Å²) in [7, 11) is 0. The van der Waals surface area contributed by atoms with Crippen LogP contribution in [0.15, 0.2) is 73.1 Å². The molecule has 0 aliphatic carbocycles. The predicted octanol–water partition coefficient (Wildman–Crippen LogP) is 3.65. The van der Waals surface area contributed by atoms with Gasteiger partial charge >= 0.3 is 5.97 Å². The summed E-state index contributed by atoms with van der Waals surface area (Å²) in [5.74, 6) is -0.854. The maximum absolute atomic E-state index is 12.4. The molecule has 1 unspecified atom stereocenters. The van der Waals surface area contributed by atoms with Crippen molar-refractivity contribution in [1.82, 2.24) is 9.88 Å². The second-order valence-corrected chi connectivity index (χ2v) is 6.39. The number of hydrogen-bond acceptors (Lipinski definition) is 3. The molecule has 3 aromatic rings. The van der Waals surface area contributed by atoms with Crippen molar-refractivity contribution in [2.45, 2.75) is 26.5 Å². The largest absolute Gasteiger partial charge is 0.449 e. The Kier molecular flexibility index (Phi) is 5.71. The van der Waals surface area contributed by atoms with Gasteiger partial charge in [0.15, 0.2) is 6.10 Å². The molecule has 1 aromatic heterocycles. The van der Waals surface area contributed by atoms with Crippen LogP contribution in [0.5, 0.6) is 0 Å². The maximum Gasteiger partial charge on any atom is 0.338 e. The third-order valence-corrected chi connectivity index (χ3v) is 4.22. The van der Waals surface area contributed by atoms with Gasteiger partial charge in [-0.25, -0.2) is 4.79 Å². The van der Waals surface area contributed by atoms with Gasteiger partial charge in [0.1, 0.15) is 0 Å². The Labute approximate surface area is 158 Å². The number of carbonyl (C=O) groups is 2. The fourth-order valence-corrected chi connectivity index (χ4v) is 2.62. The van der Waals surface area contributed by atoms with Crippen LogP contribution in [-0.2, 0) is 16.1 Å². The molecule has 0 radical (unpaired) electrons. The van der Waals surface area contributed by atoms with E-state index in [0.29, 0.717) is 12.1 Å². The molecule has 27 heavy (non-hydrogen) atoms. The monoisotopic (exact) mass is 362 g/mol. The Hall–Kier alpha value is -3.34. The molecule has 1 amide bonds. The van der Waals surface area contributed by atoms with Crippen LogP contribution < -0.4 is 5.32 Å². The normalized spacial score (nSPS) is 11.6. The van der Waals surface area contributed by atoms with Crippen LogP contribution in [0.25, 0.3) is 5.69 Å². The van der Waals surface area contributed by atoms with E-state index in [2.05, 4.69) is 5.32 Å². The van der Waals surface area contributed by atoms with E-state index in [1.807, 2.05) is 66.3 Å². The first-order valence-electron chi connectivity index (χ1n) is 8.80. The topological polar surface area (TPSA) is 60.3 Å². The van der Waals surface area contributed by atoms with Crippen LogP contribution in [-0.4, -0.2) is 22.5 Å². The van der Waals surface area contributed by atoms with Crippen molar-refractivity contribution in [3.63, 3.8) is 0 Å². The Bertz CT molecular complexity index is 915. The number of amides is 1. The predicted molar refractivity (Wildman–Crippen MR) is 104 cm³/mol. The summed E-state index contributed by atoms with van der Waals surface area (Å²) >= 11 is 0. The van der Waals surface area contributed by atoms with E-state index in [0.717, 1.165) is 16.8 Å². The first-order valence-corrected chi connectivity index (χ1v) is 8.80. The summed E-state index contributed by atoms with van der Waals surface area (Å²) in [5.41, 5.74) is 3.41. The van der Waals surface area contributed by atoms with Crippen molar-refractivity contribution in [1.29, 1.82) is 0 Å². The molecule has 1 atom stereocenters. The van der Waals surface area contributed by atoms with Crippen LogP contribution in [0.3, 0.4) is 0 Å². The van der Waals surface area contributed by atoms with Crippen molar-refractivity contribution in [2.24, 2.45) is 0 Å². The quantitative estimate of drug-likeness (QED) is 0.681. The van der Waals surface area contributed by atoms with Gasteiger partial charge in [-0.05, 0) is 49.7 Å². The van der Waals surface area contributed by atoms with Crippen LogP contribution in [0, 0.1) is 6.92 Å². The van der Waals surface area contributed by atoms with Gasteiger partial charge in [0.05, 0.1) is 5.56 Å². The fraction of sp³-hybridized carbons (Fsp3) is 0.182. The molecule has 3 rings (SSSR count). The van der Waals surface area contributed by atoms with E-state index in [1.54, 1.807) is 25.1 Å². The number of esters is 1. The van der Waals surface area contributed by atoms with E-state index in [4.69, 9.17) is 4.74 Å². The van der Waals surface area contributed by atoms with Gasteiger partial charge in [-0.3, -0.25) is 4.79 Å². The molecule has 5 heteroatoms. The molecule has 2 aromatic carbocycles. The number of nitrogens with one attached hydrogen (secondary N) is 1. The van der Waals surface area contributed by atoms with Crippen LogP contribution in [0.2, 0.25) is 0 Å². The molecule has 0 aliphatic heterocycles. The van der Waals surface area contributed by atoms with Gasteiger partial charge < -0.3 is 14.6 Å². The fourth-order valence-electron chi connectivity index (χ4n) is 2.62. The molecule has 0 spiro atoms.